The van der Waals surface area contributed by atoms with E-state index < -0.39 is 0 Å². The van der Waals surface area contributed by atoms with Crippen LogP contribution in [0.3, 0.4) is 0 Å². The van der Waals surface area contributed by atoms with Crippen molar-refractivity contribution in [2.24, 2.45) is 5.10 Å². The van der Waals surface area contributed by atoms with E-state index >= 15 is 0 Å². The number of anilines is 1. The summed E-state index contributed by atoms with van der Waals surface area (Å²) in [5.74, 6) is -0.453. The lowest BCUT2D eigenvalue weighted by Gasteiger charge is -2.19. The lowest BCUT2D eigenvalue weighted by molar-refractivity contribution is -0.120. The van der Waals surface area contributed by atoms with Crippen molar-refractivity contribution in [2.75, 3.05) is 18.0 Å². The van der Waals surface area contributed by atoms with Crippen LogP contribution in [0.4, 0.5) is 10.1 Å². The molecule has 0 saturated carbocycles. The highest BCUT2D eigenvalue weighted by molar-refractivity contribution is 5.91. The fourth-order valence-electron chi connectivity index (χ4n) is 3.85. The van der Waals surface area contributed by atoms with Crippen LogP contribution in [0, 0.1) is 12.7 Å². The van der Waals surface area contributed by atoms with Gasteiger partial charge in [0.25, 0.3) is 0 Å². The lowest BCUT2D eigenvalue weighted by atomic mass is 10.0. The largest absolute Gasteiger partial charge is 0.369 e. The maximum absolute atomic E-state index is 14.5. The van der Waals surface area contributed by atoms with Gasteiger partial charge < -0.3 is 4.90 Å². The molecule has 29 heavy (non-hydrogen) atoms. The van der Waals surface area contributed by atoms with Crippen LogP contribution >= 0.6 is 0 Å². The van der Waals surface area contributed by atoms with Crippen molar-refractivity contribution >= 4 is 28.6 Å². The van der Waals surface area contributed by atoms with Crippen molar-refractivity contribution in [1.82, 2.24) is 5.43 Å². The summed E-state index contributed by atoms with van der Waals surface area (Å²) in [7, 11) is 0. The second kappa shape index (κ2) is 8.43. The summed E-state index contributed by atoms with van der Waals surface area (Å²) in [5.41, 5.74) is 5.75. The fourth-order valence-corrected chi connectivity index (χ4v) is 3.85. The van der Waals surface area contributed by atoms with Crippen molar-refractivity contribution in [3.63, 3.8) is 0 Å². The highest BCUT2D eigenvalue weighted by atomic mass is 19.1. The Kier molecular flexibility index (Phi) is 5.56. The number of rotatable bonds is 5. The van der Waals surface area contributed by atoms with Gasteiger partial charge in [0.1, 0.15) is 5.82 Å². The minimum atomic E-state index is -0.249. The van der Waals surface area contributed by atoms with E-state index in [-0.39, 0.29) is 18.1 Å². The Hall–Kier alpha value is -3.21. The minimum Gasteiger partial charge on any atom is -0.369 e. The summed E-state index contributed by atoms with van der Waals surface area (Å²) in [6, 6.07) is 17.2. The third kappa shape index (κ3) is 4.29. The van der Waals surface area contributed by atoms with E-state index in [1.54, 1.807) is 0 Å². The number of nitrogens with zero attached hydrogens (tertiary/aromatic N) is 2. The summed E-state index contributed by atoms with van der Waals surface area (Å²) in [5, 5.41) is 6.20. The van der Waals surface area contributed by atoms with E-state index in [9.17, 15) is 9.18 Å². The molecule has 5 heteroatoms. The van der Waals surface area contributed by atoms with Gasteiger partial charge in [-0.15, -0.1) is 0 Å². The fraction of sp³-hybridized carbons (Fsp3) is 0.250. The van der Waals surface area contributed by atoms with E-state index in [2.05, 4.69) is 15.4 Å². The van der Waals surface area contributed by atoms with Gasteiger partial charge in [-0.2, -0.15) is 5.10 Å². The topological polar surface area (TPSA) is 44.7 Å². The molecule has 4 rings (SSSR count). The zero-order valence-corrected chi connectivity index (χ0v) is 16.5. The van der Waals surface area contributed by atoms with Crippen LogP contribution in [0.5, 0.6) is 0 Å². The maximum atomic E-state index is 14.5. The lowest BCUT2D eigenvalue weighted by Crippen LogP contribution is -2.20. The minimum absolute atomic E-state index is 0.204. The van der Waals surface area contributed by atoms with Crippen molar-refractivity contribution in [3.05, 3.63) is 77.1 Å². The molecule has 0 spiro atoms. The molecule has 1 aliphatic rings. The van der Waals surface area contributed by atoms with Crippen molar-refractivity contribution in [3.8, 4) is 0 Å². The molecular weight excluding hydrogens is 365 g/mol. The molecule has 3 aromatic rings. The van der Waals surface area contributed by atoms with Gasteiger partial charge in [-0.1, -0.05) is 42.5 Å². The van der Waals surface area contributed by atoms with E-state index in [1.807, 2.05) is 55.5 Å². The summed E-state index contributed by atoms with van der Waals surface area (Å²) in [4.78, 5) is 14.4. The Morgan fingerprint density at radius 1 is 1.14 bits per heavy atom. The number of hydrogen-bond donors (Lipinski definition) is 1. The molecule has 0 aliphatic carbocycles. The van der Waals surface area contributed by atoms with Crippen LogP contribution in [-0.2, 0) is 11.2 Å². The third-order valence-corrected chi connectivity index (χ3v) is 5.41. The standard InChI is InChI=1S/C24H24FN3O/c1-17-13-23(28-11-4-5-12-28)22(25)14-20(17)16-26-27-24(29)15-19-9-6-8-18-7-2-3-10-21(18)19/h2-3,6-10,13-14,16H,4-5,11-12,15H2,1H3,(H,27,29)/b26-16-. The molecule has 0 bridgehead atoms. The van der Waals surface area contributed by atoms with Crippen LogP contribution in [0.25, 0.3) is 10.8 Å². The molecule has 1 N–H and O–H groups in total. The normalized spacial score (nSPS) is 14.1. The van der Waals surface area contributed by atoms with E-state index in [0.717, 1.165) is 47.8 Å². The Bertz CT molecular complexity index is 1070. The number of hydrogen-bond acceptors (Lipinski definition) is 3. The highest BCUT2D eigenvalue weighted by Crippen LogP contribution is 2.26. The smallest absolute Gasteiger partial charge is 0.244 e. The van der Waals surface area contributed by atoms with Gasteiger partial charge in [-0.25, -0.2) is 9.82 Å². The van der Waals surface area contributed by atoms with Crippen molar-refractivity contribution in [2.45, 2.75) is 26.2 Å². The molecule has 1 fully saturated rings. The monoisotopic (exact) mass is 389 g/mol. The number of halogens is 1. The summed E-state index contributed by atoms with van der Waals surface area (Å²) >= 11 is 0. The van der Waals surface area contributed by atoms with Crippen molar-refractivity contribution < 1.29 is 9.18 Å². The first-order valence-corrected chi connectivity index (χ1v) is 9.95. The molecule has 0 atom stereocenters. The van der Waals surface area contributed by atoms with Crippen LogP contribution in [0.2, 0.25) is 0 Å². The Morgan fingerprint density at radius 2 is 1.90 bits per heavy atom. The Morgan fingerprint density at radius 3 is 2.72 bits per heavy atom. The van der Waals surface area contributed by atoms with E-state index in [1.165, 1.54) is 12.3 Å². The number of hydrazone groups is 1. The first-order chi connectivity index (χ1) is 14.1. The van der Waals surface area contributed by atoms with Crippen LogP contribution in [0.1, 0.15) is 29.5 Å². The zero-order chi connectivity index (χ0) is 20.2. The molecule has 1 heterocycles. The number of benzene rings is 3. The average molecular weight is 389 g/mol. The third-order valence-electron chi connectivity index (χ3n) is 5.41. The molecule has 0 unspecified atom stereocenters. The SMILES string of the molecule is Cc1cc(N2CCCC2)c(F)cc1/C=N\NC(=O)Cc1cccc2ccccc12. The number of carbonyl (C=O) groups excluding carboxylic acids is 1. The molecule has 3 aromatic carbocycles. The Balaban J connectivity index is 1.43. The number of amides is 1. The van der Waals surface area contributed by atoms with E-state index in [4.69, 9.17) is 0 Å². The average Bonchev–Trinajstić information content (AvgIpc) is 3.25. The second-order valence-corrected chi connectivity index (χ2v) is 7.46. The molecular formula is C24H24FN3O. The molecule has 4 nitrogen and oxygen atoms in total. The number of nitrogens with one attached hydrogen (secondary N) is 1. The first-order valence-electron chi connectivity index (χ1n) is 9.95. The van der Waals surface area contributed by atoms with E-state index in [0.29, 0.717) is 11.3 Å². The predicted octanol–water partition coefficient (Wildman–Crippen LogP) is 4.58. The van der Waals surface area contributed by atoms with Crippen LogP contribution in [-0.4, -0.2) is 25.2 Å². The number of carbonyl (C=O) groups is 1. The molecule has 148 valence electrons. The van der Waals surface area contributed by atoms with Gasteiger partial charge in [-0.05, 0) is 53.8 Å². The van der Waals surface area contributed by atoms with Gasteiger partial charge in [-0.3, -0.25) is 4.79 Å². The van der Waals surface area contributed by atoms with Gasteiger partial charge >= 0.3 is 0 Å². The van der Waals surface area contributed by atoms with Gasteiger partial charge in [0.2, 0.25) is 5.91 Å². The van der Waals surface area contributed by atoms with Gasteiger partial charge in [0.15, 0.2) is 0 Å². The predicted molar refractivity (Wildman–Crippen MR) is 116 cm³/mol. The molecule has 1 saturated heterocycles. The summed E-state index contributed by atoms with van der Waals surface area (Å²) in [6.07, 6.45) is 3.95. The molecule has 1 aliphatic heterocycles. The number of aryl methyl sites for hydroxylation is 1. The summed E-state index contributed by atoms with van der Waals surface area (Å²) < 4.78 is 14.5. The Labute approximate surface area is 170 Å². The summed E-state index contributed by atoms with van der Waals surface area (Å²) in [6.45, 7) is 3.72. The number of fused-ring (bicyclic) bond motifs is 1. The quantitative estimate of drug-likeness (QED) is 0.513. The molecule has 0 radical (unpaired) electrons. The molecule has 0 aromatic heterocycles. The van der Waals surface area contributed by atoms with Gasteiger partial charge in [0.05, 0.1) is 18.3 Å². The molecule has 1 amide bonds. The first kappa shape index (κ1) is 19.1. The zero-order valence-electron chi connectivity index (χ0n) is 16.5. The van der Waals surface area contributed by atoms with Gasteiger partial charge in [0, 0.05) is 18.7 Å². The second-order valence-electron chi connectivity index (χ2n) is 7.46. The maximum Gasteiger partial charge on any atom is 0.244 e. The van der Waals surface area contributed by atoms with Crippen molar-refractivity contribution in [1.29, 1.82) is 0 Å². The van der Waals surface area contributed by atoms with Crippen LogP contribution in [0.15, 0.2) is 59.7 Å². The highest BCUT2D eigenvalue weighted by Gasteiger charge is 2.17. The van der Waals surface area contributed by atoms with Crippen LogP contribution < -0.4 is 10.3 Å².